The van der Waals surface area contributed by atoms with E-state index in [2.05, 4.69) is 35.0 Å². The Morgan fingerprint density at radius 1 is 0.673 bits per heavy atom. The molecule has 6 aromatic heterocycles. The van der Waals surface area contributed by atoms with Crippen molar-refractivity contribution in [2.24, 2.45) is 0 Å². The van der Waals surface area contributed by atoms with E-state index in [1.807, 2.05) is 36.4 Å². The number of phenols is 1. The summed E-state index contributed by atoms with van der Waals surface area (Å²) in [6, 6.07) is 25.3. The highest BCUT2D eigenvalue weighted by Gasteiger charge is 2.16. The molecule has 1 saturated heterocycles. The summed E-state index contributed by atoms with van der Waals surface area (Å²) in [6.07, 6.45) is 3.14. The Bertz CT molecular complexity index is 2430. The lowest BCUT2D eigenvalue weighted by atomic mass is 10.1. The van der Waals surface area contributed by atoms with Crippen LogP contribution in [0.3, 0.4) is 0 Å². The van der Waals surface area contributed by atoms with Gasteiger partial charge in [-0.1, -0.05) is 24.3 Å². The number of fused-ring (bicyclic) bond motifs is 2. The maximum absolute atomic E-state index is 9.58. The molecule has 52 heavy (non-hydrogen) atoms. The van der Waals surface area contributed by atoms with Gasteiger partial charge in [0.25, 0.3) is 0 Å². The molecule has 1 aliphatic heterocycles. The minimum absolute atomic E-state index is 0.162. The zero-order valence-electron chi connectivity index (χ0n) is 27.7. The van der Waals surface area contributed by atoms with Crippen LogP contribution in [0.25, 0.3) is 57.0 Å². The van der Waals surface area contributed by atoms with Gasteiger partial charge in [0.1, 0.15) is 18.1 Å². The highest BCUT2D eigenvalue weighted by Crippen LogP contribution is 2.27. The zero-order chi connectivity index (χ0) is 35.4. The van der Waals surface area contributed by atoms with E-state index < -0.39 is 0 Å². The lowest BCUT2D eigenvalue weighted by Gasteiger charge is -2.26. The zero-order valence-corrected chi connectivity index (χ0v) is 27.7. The summed E-state index contributed by atoms with van der Waals surface area (Å²) < 4.78 is 24.9. The van der Waals surface area contributed by atoms with Gasteiger partial charge in [0.2, 0.25) is 23.5 Å². The van der Waals surface area contributed by atoms with Gasteiger partial charge >= 0.3 is 0 Å². The summed E-state index contributed by atoms with van der Waals surface area (Å²) >= 11 is 0. The van der Waals surface area contributed by atoms with Crippen molar-refractivity contribution < 1.29 is 23.4 Å². The molecule has 7 heterocycles. The standard InChI is InChI=1S/C21H22N6O3.C15H11N5O2/c22-21-23-17(14-19-24-20(25-27(19)21)18-5-2-9-30-18)15-3-1-4-16(13-15)29-12-8-26-6-10-28-11-7-26;16-15-17-11(9-3-1-4-10(21)7-9)8-13-18-14(19-20(13)15)12-5-2-6-22-12/h1-5,9,13-14H,6-8,10-12H2,(H2,22,23);1-8,21H,(H2,16,17). The van der Waals surface area contributed by atoms with Crippen molar-refractivity contribution in [3.05, 3.63) is 97.5 Å². The Balaban J connectivity index is 0.000000156. The number of benzene rings is 2. The minimum atomic E-state index is 0.162. The van der Waals surface area contributed by atoms with Gasteiger partial charge in [-0.2, -0.15) is 9.03 Å². The van der Waals surface area contributed by atoms with Crippen LogP contribution in [0.2, 0.25) is 0 Å². The van der Waals surface area contributed by atoms with Gasteiger partial charge in [-0.25, -0.2) is 19.9 Å². The van der Waals surface area contributed by atoms with E-state index in [-0.39, 0.29) is 17.6 Å². The predicted molar refractivity (Wildman–Crippen MR) is 191 cm³/mol. The number of nitrogens with two attached hydrogens (primary N) is 2. The van der Waals surface area contributed by atoms with Crippen molar-refractivity contribution in [2.45, 2.75) is 0 Å². The highest BCUT2D eigenvalue weighted by atomic mass is 16.5. The van der Waals surface area contributed by atoms with E-state index in [1.54, 1.807) is 61.1 Å². The average Bonchev–Trinajstić information content (AvgIpc) is 3.99. The van der Waals surface area contributed by atoms with E-state index in [9.17, 15) is 5.11 Å². The molecule has 8 aromatic rings. The predicted octanol–water partition coefficient (Wildman–Crippen LogP) is 4.68. The first kappa shape index (κ1) is 32.4. The van der Waals surface area contributed by atoms with Crippen LogP contribution in [0.15, 0.2) is 106 Å². The molecule has 1 fully saturated rings. The van der Waals surface area contributed by atoms with Gasteiger partial charge in [0.05, 0.1) is 37.1 Å². The molecular formula is C36H33N11O5. The second kappa shape index (κ2) is 14.2. The lowest BCUT2D eigenvalue weighted by Crippen LogP contribution is -2.38. The number of nitrogen functional groups attached to an aromatic ring is 2. The first-order chi connectivity index (χ1) is 25.5. The molecule has 16 heteroatoms. The number of morpholine rings is 1. The molecule has 0 amide bonds. The van der Waals surface area contributed by atoms with Crippen molar-refractivity contribution in [3.8, 4) is 57.2 Å². The maximum Gasteiger partial charge on any atom is 0.223 e. The second-order valence-corrected chi connectivity index (χ2v) is 11.7. The number of nitrogens with zero attached hydrogens (tertiary/aromatic N) is 9. The molecule has 0 radical (unpaired) electrons. The molecule has 9 rings (SSSR count). The fourth-order valence-corrected chi connectivity index (χ4v) is 5.67. The summed E-state index contributed by atoms with van der Waals surface area (Å²) in [7, 11) is 0. The molecule has 0 aliphatic carbocycles. The third-order valence-electron chi connectivity index (χ3n) is 8.23. The number of ether oxygens (including phenoxy) is 2. The quantitative estimate of drug-likeness (QED) is 0.197. The molecular weight excluding hydrogens is 666 g/mol. The fraction of sp³-hybridized carbons (Fsp3) is 0.167. The van der Waals surface area contributed by atoms with Crippen molar-refractivity contribution in [2.75, 3.05) is 50.9 Å². The van der Waals surface area contributed by atoms with E-state index in [0.717, 1.165) is 49.7 Å². The lowest BCUT2D eigenvalue weighted by molar-refractivity contribution is 0.0322. The van der Waals surface area contributed by atoms with Crippen LogP contribution in [0.1, 0.15) is 0 Å². The van der Waals surface area contributed by atoms with E-state index in [1.165, 1.54) is 9.03 Å². The van der Waals surface area contributed by atoms with Crippen LogP contribution in [0, 0.1) is 0 Å². The third kappa shape index (κ3) is 6.96. The van der Waals surface area contributed by atoms with Crippen LogP contribution in [-0.2, 0) is 4.74 Å². The van der Waals surface area contributed by atoms with Gasteiger partial charge in [-0.15, -0.1) is 10.2 Å². The number of aromatic nitrogens is 8. The second-order valence-electron chi connectivity index (χ2n) is 11.7. The van der Waals surface area contributed by atoms with Gasteiger partial charge in [-0.05, 0) is 48.5 Å². The van der Waals surface area contributed by atoms with Gasteiger partial charge < -0.3 is 34.9 Å². The number of rotatable bonds is 8. The van der Waals surface area contributed by atoms with Crippen LogP contribution in [0.5, 0.6) is 11.5 Å². The highest BCUT2D eigenvalue weighted by molar-refractivity contribution is 5.69. The maximum atomic E-state index is 9.58. The molecule has 0 saturated carbocycles. The van der Waals surface area contributed by atoms with Crippen LogP contribution < -0.4 is 16.2 Å². The van der Waals surface area contributed by atoms with Gasteiger partial charge in [0, 0.05) is 42.9 Å². The van der Waals surface area contributed by atoms with E-state index >= 15 is 0 Å². The summed E-state index contributed by atoms with van der Waals surface area (Å²) in [5.41, 5.74) is 16.2. The fourth-order valence-electron chi connectivity index (χ4n) is 5.67. The van der Waals surface area contributed by atoms with E-state index in [0.29, 0.717) is 52.5 Å². The Morgan fingerprint density at radius 2 is 1.25 bits per heavy atom. The Hall–Kier alpha value is -6.78. The van der Waals surface area contributed by atoms with Crippen molar-refractivity contribution in [3.63, 3.8) is 0 Å². The normalized spacial score (nSPS) is 13.3. The number of furan rings is 2. The average molecular weight is 700 g/mol. The summed E-state index contributed by atoms with van der Waals surface area (Å²) in [5, 5.41) is 18.2. The van der Waals surface area contributed by atoms with Crippen LogP contribution >= 0.6 is 0 Å². The SMILES string of the molecule is Nc1nc(-c2cccc(O)c2)cc2nc(-c3ccco3)nn12.Nc1nc(-c2cccc(OCCN3CCOCC3)c2)cc2nc(-c3ccco3)nn12. The first-order valence-corrected chi connectivity index (χ1v) is 16.4. The topological polar surface area (TPSA) is 206 Å². The van der Waals surface area contributed by atoms with Crippen molar-refractivity contribution in [1.82, 2.24) is 44.1 Å². The number of aromatic hydroxyl groups is 1. The minimum Gasteiger partial charge on any atom is -0.508 e. The Kier molecular flexibility index (Phi) is 8.87. The molecule has 1 aliphatic rings. The Labute approximate surface area is 295 Å². The number of hydrogen-bond acceptors (Lipinski definition) is 14. The van der Waals surface area contributed by atoms with Crippen LogP contribution in [0.4, 0.5) is 11.9 Å². The molecule has 0 spiro atoms. The molecule has 0 bridgehead atoms. The molecule has 16 nitrogen and oxygen atoms in total. The van der Waals surface area contributed by atoms with Crippen LogP contribution in [-0.4, -0.2) is 88.6 Å². The van der Waals surface area contributed by atoms with E-state index in [4.69, 9.17) is 29.8 Å². The summed E-state index contributed by atoms with van der Waals surface area (Å²) in [5.74, 6) is 3.46. The first-order valence-electron chi connectivity index (χ1n) is 16.4. The van der Waals surface area contributed by atoms with Crippen molar-refractivity contribution >= 4 is 23.2 Å². The number of anilines is 2. The Morgan fingerprint density at radius 3 is 1.81 bits per heavy atom. The largest absolute Gasteiger partial charge is 0.508 e. The van der Waals surface area contributed by atoms with Gasteiger partial charge in [0.15, 0.2) is 22.8 Å². The number of hydrogen-bond donors (Lipinski definition) is 3. The molecule has 262 valence electrons. The number of phenolic OH excluding ortho intramolecular Hbond substituents is 1. The molecule has 0 unspecified atom stereocenters. The van der Waals surface area contributed by atoms with Crippen molar-refractivity contribution in [1.29, 1.82) is 0 Å². The monoisotopic (exact) mass is 699 g/mol. The molecule has 5 N–H and O–H groups in total. The molecule has 0 atom stereocenters. The van der Waals surface area contributed by atoms with Gasteiger partial charge in [-0.3, -0.25) is 4.90 Å². The smallest absolute Gasteiger partial charge is 0.223 e. The summed E-state index contributed by atoms with van der Waals surface area (Å²) in [6.45, 7) is 4.97. The molecule has 2 aromatic carbocycles. The third-order valence-corrected chi connectivity index (χ3v) is 8.23. The summed E-state index contributed by atoms with van der Waals surface area (Å²) in [4.78, 5) is 20.1.